The summed E-state index contributed by atoms with van der Waals surface area (Å²) >= 11 is 0. The predicted octanol–water partition coefficient (Wildman–Crippen LogP) is 3.80. The molecule has 3 rings (SSSR count). The fourth-order valence-corrected chi connectivity index (χ4v) is 2.65. The zero-order valence-corrected chi connectivity index (χ0v) is 9.60. The van der Waals surface area contributed by atoms with Crippen molar-refractivity contribution >= 4 is 5.78 Å². The minimum absolute atomic E-state index is 0.285. The van der Waals surface area contributed by atoms with Crippen LogP contribution >= 0.6 is 0 Å². The molecule has 0 unspecified atom stereocenters. The highest BCUT2D eigenvalue weighted by Gasteiger charge is 2.25. The molecule has 1 heteroatoms. The maximum absolute atomic E-state index is 11.9. The first-order valence-electron chi connectivity index (χ1n) is 6.03. The molecule has 0 saturated heterocycles. The van der Waals surface area contributed by atoms with Crippen LogP contribution in [0.2, 0.25) is 0 Å². The minimum Gasteiger partial charge on any atom is -0.294 e. The largest absolute Gasteiger partial charge is 0.294 e. The van der Waals surface area contributed by atoms with Gasteiger partial charge in [0.15, 0.2) is 5.78 Å². The Hall–Kier alpha value is -1.89. The molecule has 1 nitrogen and oxygen atoms in total. The standard InChI is InChI=1S/C16H14O/c17-16-11-10-13(12-6-2-1-3-7-12)14-8-4-5-9-15(14)16/h1-9,13H,10-11H2/t13-/m1/s1. The van der Waals surface area contributed by atoms with Crippen LogP contribution in [-0.4, -0.2) is 5.78 Å². The molecule has 0 bridgehead atoms. The lowest BCUT2D eigenvalue weighted by molar-refractivity contribution is 0.0969. The number of ketones is 1. The second kappa shape index (κ2) is 4.17. The molecule has 0 heterocycles. The van der Waals surface area contributed by atoms with Crippen molar-refractivity contribution in [2.24, 2.45) is 0 Å². The first-order chi connectivity index (χ1) is 8.36. The summed E-state index contributed by atoms with van der Waals surface area (Å²) in [5.74, 6) is 0.665. The molecule has 0 N–H and O–H groups in total. The average molecular weight is 222 g/mol. The molecule has 0 spiro atoms. The van der Waals surface area contributed by atoms with Gasteiger partial charge in [-0.15, -0.1) is 0 Å². The fraction of sp³-hybridized carbons (Fsp3) is 0.188. The van der Waals surface area contributed by atoms with E-state index in [4.69, 9.17) is 0 Å². The van der Waals surface area contributed by atoms with Gasteiger partial charge in [-0.05, 0) is 17.5 Å². The summed E-state index contributed by atoms with van der Waals surface area (Å²) in [6.07, 6.45) is 1.59. The van der Waals surface area contributed by atoms with Crippen molar-refractivity contribution in [3.05, 3.63) is 71.3 Å². The van der Waals surface area contributed by atoms with Gasteiger partial charge in [-0.3, -0.25) is 4.79 Å². The lowest BCUT2D eigenvalue weighted by atomic mass is 9.78. The molecule has 1 aliphatic rings. The Morgan fingerprint density at radius 3 is 2.41 bits per heavy atom. The number of hydrogen-bond donors (Lipinski definition) is 0. The molecule has 0 saturated carbocycles. The summed E-state index contributed by atoms with van der Waals surface area (Å²) < 4.78 is 0. The van der Waals surface area contributed by atoms with Crippen molar-refractivity contribution in [3.8, 4) is 0 Å². The SMILES string of the molecule is O=C1CC[C@H](c2ccccc2)c2ccccc21. The number of fused-ring (bicyclic) bond motifs is 1. The van der Waals surface area contributed by atoms with E-state index in [9.17, 15) is 4.79 Å². The second-order valence-electron chi connectivity index (χ2n) is 4.51. The Bertz CT molecular complexity index is 542. The van der Waals surface area contributed by atoms with Gasteiger partial charge in [0.05, 0.1) is 0 Å². The zero-order chi connectivity index (χ0) is 11.7. The van der Waals surface area contributed by atoms with Gasteiger partial charge >= 0.3 is 0 Å². The Balaban J connectivity index is 2.10. The van der Waals surface area contributed by atoms with Crippen molar-refractivity contribution < 1.29 is 4.79 Å². The van der Waals surface area contributed by atoms with E-state index < -0.39 is 0 Å². The average Bonchev–Trinajstić information content (AvgIpc) is 2.41. The second-order valence-corrected chi connectivity index (χ2v) is 4.51. The van der Waals surface area contributed by atoms with Crippen LogP contribution in [0.25, 0.3) is 0 Å². The topological polar surface area (TPSA) is 17.1 Å². The van der Waals surface area contributed by atoms with E-state index in [0.717, 1.165) is 12.0 Å². The molecular formula is C16H14O. The number of benzene rings is 2. The summed E-state index contributed by atoms with van der Waals surface area (Å²) in [5, 5.41) is 0. The smallest absolute Gasteiger partial charge is 0.163 e. The van der Waals surface area contributed by atoms with E-state index in [1.54, 1.807) is 0 Å². The number of carbonyl (C=O) groups excluding carboxylic acids is 1. The van der Waals surface area contributed by atoms with Crippen LogP contribution in [0.5, 0.6) is 0 Å². The molecule has 0 aromatic heterocycles. The third kappa shape index (κ3) is 1.78. The Kier molecular flexibility index (Phi) is 2.52. The van der Waals surface area contributed by atoms with Gasteiger partial charge in [0, 0.05) is 17.9 Å². The molecule has 0 radical (unpaired) electrons. The molecule has 1 aliphatic carbocycles. The normalized spacial score (nSPS) is 18.8. The Labute approximate surface area is 101 Å². The van der Waals surface area contributed by atoms with Crippen LogP contribution in [-0.2, 0) is 0 Å². The van der Waals surface area contributed by atoms with Crippen molar-refractivity contribution in [1.29, 1.82) is 0 Å². The summed E-state index contributed by atoms with van der Waals surface area (Å²) in [6, 6.07) is 18.5. The number of rotatable bonds is 1. The van der Waals surface area contributed by atoms with Crippen LogP contribution in [0.4, 0.5) is 0 Å². The summed E-state index contributed by atoms with van der Waals surface area (Å²) in [4.78, 5) is 11.9. The first kappa shape index (κ1) is 10.3. The van der Waals surface area contributed by atoms with Gasteiger partial charge in [0.1, 0.15) is 0 Å². The van der Waals surface area contributed by atoms with Crippen LogP contribution in [0.3, 0.4) is 0 Å². The van der Waals surface area contributed by atoms with Crippen molar-refractivity contribution in [2.45, 2.75) is 18.8 Å². The molecule has 17 heavy (non-hydrogen) atoms. The highest BCUT2D eigenvalue weighted by Crippen LogP contribution is 2.36. The van der Waals surface area contributed by atoms with Crippen molar-refractivity contribution in [1.82, 2.24) is 0 Å². The van der Waals surface area contributed by atoms with Crippen LogP contribution in [0.15, 0.2) is 54.6 Å². The first-order valence-corrected chi connectivity index (χ1v) is 6.03. The summed E-state index contributed by atoms with van der Waals surface area (Å²) in [6.45, 7) is 0. The van der Waals surface area contributed by atoms with E-state index in [1.807, 2.05) is 24.3 Å². The van der Waals surface area contributed by atoms with E-state index in [2.05, 4.69) is 30.3 Å². The van der Waals surface area contributed by atoms with Gasteiger partial charge in [-0.2, -0.15) is 0 Å². The van der Waals surface area contributed by atoms with Crippen LogP contribution in [0, 0.1) is 0 Å². The highest BCUT2D eigenvalue weighted by molar-refractivity contribution is 5.99. The maximum atomic E-state index is 11.9. The number of hydrogen-bond acceptors (Lipinski definition) is 1. The summed E-state index contributed by atoms with van der Waals surface area (Å²) in [5.41, 5.74) is 3.41. The van der Waals surface area contributed by atoms with Gasteiger partial charge in [0.2, 0.25) is 0 Å². The monoisotopic (exact) mass is 222 g/mol. The highest BCUT2D eigenvalue weighted by atomic mass is 16.1. The Morgan fingerprint density at radius 2 is 1.59 bits per heavy atom. The lowest BCUT2D eigenvalue weighted by Gasteiger charge is -2.24. The van der Waals surface area contributed by atoms with Gasteiger partial charge in [-0.25, -0.2) is 0 Å². The van der Waals surface area contributed by atoms with Crippen molar-refractivity contribution in [3.63, 3.8) is 0 Å². The van der Waals surface area contributed by atoms with E-state index in [0.29, 0.717) is 12.3 Å². The minimum atomic E-state index is 0.285. The number of Topliss-reactive ketones (excluding diaryl/α,β-unsaturated/α-hetero) is 1. The molecule has 0 amide bonds. The van der Waals surface area contributed by atoms with Crippen LogP contribution in [0.1, 0.15) is 40.2 Å². The molecular weight excluding hydrogens is 208 g/mol. The maximum Gasteiger partial charge on any atom is 0.163 e. The van der Waals surface area contributed by atoms with Gasteiger partial charge < -0.3 is 0 Å². The van der Waals surface area contributed by atoms with E-state index >= 15 is 0 Å². The fourth-order valence-electron chi connectivity index (χ4n) is 2.65. The van der Waals surface area contributed by atoms with Crippen molar-refractivity contribution in [2.75, 3.05) is 0 Å². The van der Waals surface area contributed by atoms with E-state index in [-0.39, 0.29) is 5.78 Å². The third-order valence-electron chi connectivity index (χ3n) is 3.50. The quantitative estimate of drug-likeness (QED) is 0.717. The third-order valence-corrected chi connectivity index (χ3v) is 3.50. The predicted molar refractivity (Wildman–Crippen MR) is 68.3 cm³/mol. The van der Waals surface area contributed by atoms with Gasteiger partial charge in [-0.1, -0.05) is 54.6 Å². The molecule has 84 valence electrons. The van der Waals surface area contributed by atoms with Gasteiger partial charge in [0.25, 0.3) is 0 Å². The molecule has 0 fully saturated rings. The Morgan fingerprint density at radius 1 is 0.882 bits per heavy atom. The molecule has 1 atom stereocenters. The lowest BCUT2D eigenvalue weighted by Crippen LogP contribution is -2.16. The summed E-state index contributed by atoms with van der Waals surface area (Å²) in [7, 11) is 0. The van der Waals surface area contributed by atoms with Crippen LogP contribution < -0.4 is 0 Å². The molecule has 0 aliphatic heterocycles. The zero-order valence-electron chi connectivity index (χ0n) is 9.60. The number of carbonyl (C=O) groups is 1. The molecule has 2 aromatic carbocycles. The molecule has 2 aromatic rings. The van der Waals surface area contributed by atoms with E-state index in [1.165, 1.54) is 11.1 Å².